The lowest BCUT2D eigenvalue weighted by Gasteiger charge is -2.17. The molecule has 1 aliphatic rings. The number of nitrogens with one attached hydrogen (secondary N) is 2. The van der Waals surface area contributed by atoms with Crippen molar-refractivity contribution in [2.45, 2.75) is 27.2 Å². The number of aryl methyl sites for hydroxylation is 3. The van der Waals surface area contributed by atoms with Crippen LogP contribution in [0.4, 0.5) is 11.5 Å². The first kappa shape index (κ1) is 21.5. The Labute approximate surface area is 186 Å². The van der Waals surface area contributed by atoms with Gasteiger partial charge in [-0.15, -0.1) is 10.2 Å². The van der Waals surface area contributed by atoms with E-state index in [0.29, 0.717) is 31.3 Å². The lowest BCUT2D eigenvalue weighted by molar-refractivity contribution is -0.126. The molecule has 0 spiro atoms. The Hall–Kier alpha value is -3.75. The van der Waals surface area contributed by atoms with Crippen LogP contribution < -0.4 is 15.5 Å². The van der Waals surface area contributed by atoms with Gasteiger partial charge in [-0.1, -0.05) is 17.7 Å². The summed E-state index contributed by atoms with van der Waals surface area (Å²) in [5.41, 5.74) is 3.88. The summed E-state index contributed by atoms with van der Waals surface area (Å²) in [6.45, 7) is 7.23. The van der Waals surface area contributed by atoms with E-state index in [1.807, 2.05) is 63.2 Å². The van der Waals surface area contributed by atoms with Crippen molar-refractivity contribution in [3.63, 3.8) is 0 Å². The Balaban J connectivity index is 1.23. The molecule has 2 amide bonds. The number of carbonyl (C=O) groups is 2. The molecular formula is C23H27N7O2. The monoisotopic (exact) mass is 433 g/mol. The summed E-state index contributed by atoms with van der Waals surface area (Å²) in [5.74, 6) is 0.791. The van der Waals surface area contributed by atoms with E-state index in [1.54, 1.807) is 9.58 Å². The molecule has 1 fully saturated rings. The highest BCUT2D eigenvalue weighted by Gasteiger charge is 2.34. The van der Waals surface area contributed by atoms with E-state index in [1.165, 1.54) is 0 Å². The van der Waals surface area contributed by atoms with Gasteiger partial charge in [-0.25, -0.2) is 4.68 Å². The second-order valence-electron chi connectivity index (χ2n) is 8.07. The van der Waals surface area contributed by atoms with Gasteiger partial charge in [-0.05, 0) is 51.1 Å². The molecule has 1 unspecified atom stereocenters. The van der Waals surface area contributed by atoms with Crippen molar-refractivity contribution in [1.29, 1.82) is 0 Å². The van der Waals surface area contributed by atoms with Crippen LogP contribution in [0.3, 0.4) is 0 Å². The maximum absolute atomic E-state index is 12.5. The number of hydrogen-bond donors (Lipinski definition) is 2. The summed E-state index contributed by atoms with van der Waals surface area (Å²) in [7, 11) is 0. The first-order chi connectivity index (χ1) is 15.4. The van der Waals surface area contributed by atoms with Gasteiger partial charge in [-0.3, -0.25) is 9.59 Å². The molecule has 2 N–H and O–H groups in total. The molecule has 4 rings (SSSR count). The third-order valence-electron chi connectivity index (χ3n) is 5.45. The van der Waals surface area contributed by atoms with E-state index in [0.717, 1.165) is 22.6 Å². The van der Waals surface area contributed by atoms with Crippen molar-refractivity contribution in [2.24, 2.45) is 5.92 Å². The van der Waals surface area contributed by atoms with Gasteiger partial charge in [0.2, 0.25) is 11.8 Å². The minimum atomic E-state index is -0.344. The van der Waals surface area contributed by atoms with Gasteiger partial charge in [0.15, 0.2) is 5.82 Å². The maximum Gasteiger partial charge on any atom is 0.227 e. The van der Waals surface area contributed by atoms with Gasteiger partial charge < -0.3 is 15.5 Å². The normalized spacial score (nSPS) is 15.8. The molecule has 166 valence electrons. The molecule has 9 heteroatoms. The molecule has 32 heavy (non-hydrogen) atoms. The Kier molecular flexibility index (Phi) is 6.16. The maximum atomic E-state index is 12.5. The third-order valence-corrected chi connectivity index (χ3v) is 5.45. The number of hydrogen-bond acceptors (Lipinski definition) is 6. The topological polar surface area (TPSA) is 105 Å². The predicted molar refractivity (Wildman–Crippen MR) is 122 cm³/mol. The number of rotatable bonds is 7. The highest BCUT2D eigenvalue weighted by atomic mass is 16.2. The highest BCUT2D eigenvalue weighted by molar-refractivity contribution is 6.00. The molecule has 3 heterocycles. The summed E-state index contributed by atoms with van der Waals surface area (Å²) in [6.07, 6.45) is 0.229. The van der Waals surface area contributed by atoms with Crippen molar-refractivity contribution >= 4 is 23.3 Å². The zero-order valence-corrected chi connectivity index (χ0v) is 18.5. The van der Waals surface area contributed by atoms with Crippen LogP contribution >= 0.6 is 0 Å². The van der Waals surface area contributed by atoms with Crippen molar-refractivity contribution in [2.75, 3.05) is 29.9 Å². The summed E-state index contributed by atoms with van der Waals surface area (Å²) in [4.78, 5) is 26.5. The van der Waals surface area contributed by atoms with Crippen LogP contribution in [0.1, 0.15) is 23.4 Å². The number of anilines is 2. The largest absolute Gasteiger partial charge is 0.367 e. The SMILES string of the molecule is Cc1ccc(N2CC(C(=O)NCCNc3ccc(-n4nc(C)cc4C)nn3)CC2=O)cc1. The molecule has 1 aliphatic heterocycles. The van der Waals surface area contributed by atoms with E-state index in [9.17, 15) is 9.59 Å². The smallest absolute Gasteiger partial charge is 0.227 e. The Bertz CT molecular complexity index is 1110. The van der Waals surface area contributed by atoms with Crippen LogP contribution in [0.2, 0.25) is 0 Å². The quantitative estimate of drug-likeness (QED) is 0.554. The molecule has 0 bridgehead atoms. The zero-order valence-electron chi connectivity index (χ0n) is 18.5. The van der Waals surface area contributed by atoms with Crippen LogP contribution in [0.25, 0.3) is 5.82 Å². The van der Waals surface area contributed by atoms with E-state index in [2.05, 4.69) is 25.9 Å². The Morgan fingerprint density at radius 3 is 2.50 bits per heavy atom. The van der Waals surface area contributed by atoms with Gasteiger partial charge in [0, 0.05) is 37.4 Å². The standard InChI is InChI=1S/C23H27N7O2/c1-15-4-6-19(7-5-15)29-14-18(13-22(29)31)23(32)25-11-10-24-20-8-9-21(27-26-20)30-17(3)12-16(2)28-30/h4-9,12,18H,10-11,13-14H2,1-3H3,(H,24,26)(H,25,32). The number of carbonyl (C=O) groups excluding carboxylic acids is 2. The Morgan fingerprint density at radius 2 is 1.84 bits per heavy atom. The fraction of sp³-hybridized carbons (Fsp3) is 0.348. The van der Waals surface area contributed by atoms with Gasteiger partial charge in [-0.2, -0.15) is 5.10 Å². The fourth-order valence-electron chi connectivity index (χ4n) is 3.77. The molecule has 9 nitrogen and oxygen atoms in total. The average Bonchev–Trinajstić information content (AvgIpc) is 3.33. The molecular weight excluding hydrogens is 406 g/mol. The average molecular weight is 434 g/mol. The summed E-state index contributed by atoms with van der Waals surface area (Å²) >= 11 is 0. The molecule has 2 aromatic heterocycles. The van der Waals surface area contributed by atoms with Crippen molar-refractivity contribution in [1.82, 2.24) is 25.3 Å². The summed E-state index contributed by atoms with van der Waals surface area (Å²) < 4.78 is 1.75. The number of nitrogens with zero attached hydrogens (tertiary/aromatic N) is 5. The molecule has 1 atom stereocenters. The zero-order chi connectivity index (χ0) is 22.7. The van der Waals surface area contributed by atoms with Gasteiger partial charge in [0.05, 0.1) is 11.6 Å². The van der Waals surface area contributed by atoms with E-state index in [-0.39, 0.29) is 24.2 Å². The number of amides is 2. The van der Waals surface area contributed by atoms with Crippen LogP contribution in [0, 0.1) is 26.7 Å². The van der Waals surface area contributed by atoms with Crippen LogP contribution in [0.15, 0.2) is 42.5 Å². The van der Waals surface area contributed by atoms with Gasteiger partial charge >= 0.3 is 0 Å². The fourth-order valence-corrected chi connectivity index (χ4v) is 3.77. The van der Waals surface area contributed by atoms with Gasteiger partial charge in [0.1, 0.15) is 5.82 Å². The lowest BCUT2D eigenvalue weighted by Crippen LogP contribution is -2.35. The first-order valence-corrected chi connectivity index (χ1v) is 10.7. The molecule has 1 aromatic carbocycles. The first-order valence-electron chi connectivity index (χ1n) is 10.7. The van der Waals surface area contributed by atoms with Crippen molar-refractivity contribution in [3.05, 3.63) is 59.4 Å². The van der Waals surface area contributed by atoms with Crippen LogP contribution in [0.5, 0.6) is 0 Å². The third kappa shape index (κ3) is 4.77. The summed E-state index contributed by atoms with van der Waals surface area (Å²) in [6, 6.07) is 13.4. The second-order valence-corrected chi connectivity index (χ2v) is 8.07. The van der Waals surface area contributed by atoms with E-state index < -0.39 is 0 Å². The van der Waals surface area contributed by atoms with E-state index >= 15 is 0 Å². The highest BCUT2D eigenvalue weighted by Crippen LogP contribution is 2.25. The van der Waals surface area contributed by atoms with Crippen molar-refractivity contribution in [3.8, 4) is 5.82 Å². The van der Waals surface area contributed by atoms with E-state index in [4.69, 9.17) is 0 Å². The minimum Gasteiger partial charge on any atom is -0.367 e. The van der Waals surface area contributed by atoms with Crippen molar-refractivity contribution < 1.29 is 9.59 Å². The molecule has 0 radical (unpaired) electrons. The molecule has 0 saturated carbocycles. The van der Waals surface area contributed by atoms with Crippen LogP contribution in [-0.2, 0) is 9.59 Å². The number of benzene rings is 1. The Morgan fingerprint density at radius 1 is 1.06 bits per heavy atom. The second kappa shape index (κ2) is 9.17. The van der Waals surface area contributed by atoms with Gasteiger partial charge in [0.25, 0.3) is 0 Å². The van der Waals surface area contributed by atoms with Crippen LogP contribution in [-0.4, -0.2) is 51.4 Å². The summed E-state index contributed by atoms with van der Waals surface area (Å²) in [5, 5.41) is 18.8. The predicted octanol–water partition coefficient (Wildman–Crippen LogP) is 2.17. The molecule has 0 aliphatic carbocycles. The molecule has 1 saturated heterocycles. The molecule has 3 aromatic rings. The lowest BCUT2D eigenvalue weighted by atomic mass is 10.1. The minimum absolute atomic E-state index is 0.0231. The number of aromatic nitrogens is 4.